The molecule has 1 aliphatic heterocycles. The van der Waals surface area contributed by atoms with Crippen molar-refractivity contribution < 1.29 is 4.39 Å². The molecular weight excluding hydrogens is 369 g/mol. The fourth-order valence-electron chi connectivity index (χ4n) is 3.03. The average molecular weight is 388 g/mol. The second-order valence-electron chi connectivity index (χ2n) is 6.11. The Kier molecular flexibility index (Phi) is 4.94. The number of halogens is 1. The standard InChI is InChI=1S/C18H18FN5S2/c19-15-7-3-2-6-14(15)17-21-22-18(25)24(17)20-12-13-8-9-16(26-13)23-10-4-1-5-11-23/h2-3,6-9,12H,1,4-5,10-11H2,(H,22,25)/b20-12-. The van der Waals surface area contributed by atoms with E-state index in [0.717, 1.165) is 18.0 Å². The van der Waals surface area contributed by atoms with Gasteiger partial charge in [-0.1, -0.05) is 12.1 Å². The molecule has 3 heterocycles. The van der Waals surface area contributed by atoms with Crippen molar-refractivity contribution in [3.63, 3.8) is 0 Å². The predicted octanol–water partition coefficient (Wildman–Crippen LogP) is 4.68. The zero-order valence-corrected chi connectivity index (χ0v) is 15.7. The molecule has 8 heteroatoms. The van der Waals surface area contributed by atoms with E-state index in [-0.39, 0.29) is 5.82 Å². The van der Waals surface area contributed by atoms with Gasteiger partial charge in [-0.2, -0.15) is 14.9 Å². The Morgan fingerprint density at radius 2 is 1.96 bits per heavy atom. The first-order valence-electron chi connectivity index (χ1n) is 8.54. The number of aromatic nitrogens is 3. The van der Waals surface area contributed by atoms with E-state index in [0.29, 0.717) is 16.2 Å². The maximum Gasteiger partial charge on any atom is 0.216 e. The van der Waals surface area contributed by atoms with Gasteiger partial charge in [-0.25, -0.2) is 9.49 Å². The molecule has 1 saturated heterocycles. The fraction of sp³-hybridized carbons (Fsp3) is 0.278. The fourth-order valence-corrected chi connectivity index (χ4v) is 4.13. The summed E-state index contributed by atoms with van der Waals surface area (Å²) in [6.07, 6.45) is 5.55. The summed E-state index contributed by atoms with van der Waals surface area (Å²) in [6, 6.07) is 10.6. The second kappa shape index (κ2) is 7.51. The molecule has 0 bridgehead atoms. The van der Waals surface area contributed by atoms with Crippen LogP contribution in [0.1, 0.15) is 24.1 Å². The summed E-state index contributed by atoms with van der Waals surface area (Å²) in [5.74, 6) is -0.00128. The molecule has 0 unspecified atom stereocenters. The minimum Gasteiger partial charge on any atom is -0.363 e. The lowest BCUT2D eigenvalue weighted by molar-refractivity contribution is 0.580. The molecular formula is C18H18FN5S2. The van der Waals surface area contributed by atoms with Crippen molar-refractivity contribution >= 4 is 34.8 Å². The van der Waals surface area contributed by atoms with Gasteiger partial charge in [-0.3, -0.25) is 0 Å². The van der Waals surface area contributed by atoms with E-state index in [4.69, 9.17) is 12.2 Å². The molecule has 2 aromatic heterocycles. The molecule has 0 aliphatic carbocycles. The highest BCUT2D eigenvalue weighted by Gasteiger charge is 2.14. The van der Waals surface area contributed by atoms with Gasteiger partial charge in [-0.05, 0) is 55.7 Å². The number of nitrogens with one attached hydrogen (secondary N) is 1. The van der Waals surface area contributed by atoms with E-state index in [1.54, 1.807) is 35.8 Å². The van der Waals surface area contributed by atoms with Crippen molar-refractivity contribution in [3.05, 3.63) is 51.9 Å². The van der Waals surface area contributed by atoms with Crippen molar-refractivity contribution in [2.24, 2.45) is 5.10 Å². The molecule has 5 nitrogen and oxygen atoms in total. The van der Waals surface area contributed by atoms with Crippen molar-refractivity contribution in [1.82, 2.24) is 14.9 Å². The first-order valence-corrected chi connectivity index (χ1v) is 9.76. The smallest absolute Gasteiger partial charge is 0.216 e. The molecule has 0 radical (unpaired) electrons. The molecule has 1 aliphatic rings. The van der Waals surface area contributed by atoms with Crippen LogP contribution in [0, 0.1) is 10.6 Å². The number of thiophene rings is 1. The van der Waals surface area contributed by atoms with E-state index >= 15 is 0 Å². The van der Waals surface area contributed by atoms with E-state index in [1.165, 1.54) is 35.0 Å². The quantitative estimate of drug-likeness (QED) is 0.522. The molecule has 0 atom stereocenters. The number of hydrogen-bond acceptors (Lipinski definition) is 5. The number of rotatable bonds is 4. The maximum atomic E-state index is 14.1. The molecule has 1 aromatic carbocycles. The zero-order chi connectivity index (χ0) is 17.9. The summed E-state index contributed by atoms with van der Waals surface area (Å²) in [7, 11) is 0. The van der Waals surface area contributed by atoms with Crippen LogP contribution in [0.2, 0.25) is 0 Å². The molecule has 0 saturated carbocycles. The zero-order valence-electron chi connectivity index (χ0n) is 14.1. The van der Waals surface area contributed by atoms with Crippen LogP contribution in [-0.2, 0) is 0 Å². The lowest BCUT2D eigenvalue weighted by Gasteiger charge is -2.27. The van der Waals surface area contributed by atoms with Crippen LogP contribution in [0.25, 0.3) is 11.4 Å². The van der Waals surface area contributed by atoms with E-state index in [1.807, 2.05) is 6.07 Å². The number of piperidine rings is 1. The van der Waals surface area contributed by atoms with Crippen molar-refractivity contribution in [1.29, 1.82) is 0 Å². The van der Waals surface area contributed by atoms with E-state index in [2.05, 4.69) is 26.3 Å². The Balaban J connectivity index is 1.60. The van der Waals surface area contributed by atoms with Crippen LogP contribution in [0.5, 0.6) is 0 Å². The van der Waals surface area contributed by atoms with Gasteiger partial charge in [0.1, 0.15) is 5.82 Å². The van der Waals surface area contributed by atoms with Gasteiger partial charge in [0.05, 0.1) is 16.8 Å². The summed E-state index contributed by atoms with van der Waals surface area (Å²) >= 11 is 6.94. The Morgan fingerprint density at radius 3 is 2.77 bits per heavy atom. The highest BCUT2D eigenvalue weighted by atomic mass is 32.1. The van der Waals surface area contributed by atoms with Crippen molar-refractivity contribution in [2.75, 3.05) is 18.0 Å². The summed E-state index contributed by atoms with van der Waals surface area (Å²) < 4.78 is 15.9. The third-order valence-corrected chi connectivity index (χ3v) is 5.69. The van der Waals surface area contributed by atoms with Crippen molar-refractivity contribution in [2.45, 2.75) is 19.3 Å². The lowest BCUT2D eigenvalue weighted by Crippen LogP contribution is -2.28. The minimum atomic E-state index is -0.360. The molecule has 4 rings (SSSR count). The first-order chi connectivity index (χ1) is 12.7. The SMILES string of the molecule is Fc1ccccc1-c1n[nH]c(=S)n1/N=C\c1ccc(N2CCCCC2)s1. The average Bonchev–Trinajstić information content (AvgIpc) is 3.28. The normalized spacial score (nSPS) is 15.0. The van der Waals surface area contributed by atoms with Gasteiger partial charge in [0.2, 0.25) is 4.77 Å². The van der Waals surface area contributed by atoms with Crippen LogP contribution in [0.3, 0.4) is 0 Å². The van der Waals surface area contributed by atoms with Gasteiger partial charge in [0.25, 0.3) is 0 Å². The molecule has 26 heavy (non-hydrogen) atoms. The van der Waals surface area contributed by atoms with Gasteiger partial charge in [0.15, 0.2) is 5.82 Å². The molecule has 0 amide bonds. The molecule has 134 valence electrons. The first kappa shape index (κ1) is 17.1. The van der Waals surface area contributed by atoms with Gasteiger partial charge < -0.3 is 4.90 Å². The molecule has 3 aromatic rings. The monoisotopic (exact) mass is 387 g/mol. The topological polar surface area (TPSA) is 49.2 Å². The Morgan fingerprint density at radius 1 is 1.15 bits per heavy atom. The third-order valence-electron chi connectivity index (χ3n) is 4.35. The van der Waals surface area contributed by atoms with Crippen LogP contribution in [0.4, 0.5) is 9.39 Å². The number of aromatic amines is 1. The minimum absolute atomic E-state index is 0.326. The number of anilines is 1. The van der Waals surface area contributed by atoms with Crippen LogP contribution in [-0.4, -0.2) is 34.2 Å². The van der Waals surface area contributed by atoms with Gasteiger partial charge in [-0.15, -0.1) is 11.3 Å². The summed E-state index contributed by atoms with van der Waals surface area (Å²) in [6.45, 7) is 2.22. The van der Waals surface area contributed by atoms with Crippen LogP contribution in [0.15, 0.2) is 41.5 Å². The summed E-state index contributed by atoms with van der Waals surface area (Å²) in [5.41, 5.74) is 0.359. The molecule has 1 N–H and O–H groups in total. The van der Waals surface area contributed by atoms with Crippen molar-refractivity contribution in [3.8, 4) is 11.4 Å². The molecule has 0 spiro atoms. The van der Waals surface area contributed by atoms with Gasteiger partial charge in [0, 0.05) is 18.0 Å². The van der Waals surface area contributed by atoms with E-state index < -0.39 is 0 Å². The maximum absolute atomic E-state index is 14.1. The van der Waals surface area contributed by atoms with E-state index in [9.17, 15) is 4.39 Å². The predicted molar refractivity (Wildman–Crippen MR) is 106 cm³/mol. The summed E-state index contributed by atoms with van der Waals surface area (Å²) in [4.78, 5) is 3.44. The molecule has 1 fully saturated rings. The highest BCUT2D eigenvalue weighted by molar-refractivity contribution is 7.71. The summed E-state index contributed by atoms with van der Waals surface area (Å²) in [5, 5.41) is 12.5. The Bertz CT molecular complexity index is 981. The van der Waals surface area contributed by atoms with Gasteiger partial charge >= 0.3 is 0 Å². The number of benzene rings is 1. The third kappa shape index (κ3) is 3.47. The lowest BCUT2D eigenvalue weighted by atomic mass is 10.1. The second-order valence-corrected chi connectivity index (χ2v) is 7.59. The van der Waals surface area contributed by atoms with Crippen LogP contribution >= 0.6 is 23.6 Å². The number of nitrogens with zero attached hydrogens (tertiary/aromatic N) is 4. The Labute approximate surface area is 159 Å². The Hall–Kier alpha value is -2.32. The highest BCUT2D eigenvalue weighted by Crippen LogP contribution is 2.28. The largest absolute Gasteiger partial charge is 0.363 e. The van der Waals surface area contributed by atoms with Crippen LogP contribution < -0.4 is 4.90 Å². The number of H-pyrrole nitrogens is 1. The number of hydrogen-bond donors (Lipinski definition) is 1.